The first-order chi connectivity index (χ1) is 10.3. The molecule has 0 amide bonds. The van der Waals surface area contributed by atoms with Gasteiger partial charge in [0.15, 0.2) is 5.82 Å². The summed E-state index contributed by atoms with van der Waals surface area (Å²) in [5.74, 6) is 0.461. The molecular formula is C15H22N4O2. The van der Waals surface area contributed by atoms with Crippen LogP contribution in [0.25, 0.3) is 5.52 Å². The van der Waals surface area contributed by atoms with E-state index < -0.39 is 0 Å². The standard InChI is InChI=1S/C11H14N4O2.C2H6.C2H2/c12-11-9-3-2-8(15(9)14-6-13-11)10-4-1-7(5-16)17-10;2*1-2/h2-3,6-7,10,16H,1,4-5H2,(H2,12,13,14);1-2H3;1-2H. The molecule has 2 aromatic rings. The number of ether oxygens (including phenoxy) is 1. The van der Waals surface area contributed by atoms with Crippen molar-refractivity contribution < 1.29 is 9.84 Å². The van der Waals surface area contributed by atoms with Crippen LogP contribution in [0.3, 0.4) is 0 Å². The largest absolute Gasteiger partial charge is 0.394 e. The Hall–Kier alpha value is -2.10. The van der Waals surface area contributed by atoms with Crippen molar-refractivity contribution in [2.45, 2.75) is 38.9 Å². The second kappa shape index (κ2) is 8.25. The number of nitrogens with zero attached hydrogens (tertiary/aromatic N) is 3. The molecule has 6 nitrogen and oxygen atoms in total. The highest BCUT2D eigenvalue weighted by Crippen LogP contribution is 2.33. The van der Waals surface area contributed by atoms with Crippen LogP contribution in [-0.4, -0.2) is 32.4 Å². The highest BCUT2D eigenvalue weighted by Gasteiger charge is 2.28. The van der Waals surface area contributed by atoms with E-state index in [1.165, 1.54) is 6.33 Å². The molecule has 3 heterocycles. The summed E-state index contributed by atoms with van der Waals surface area (Å²) in [6, 6.07) is 3.84. The molecule has 1 saturated heterocycles. The molecule has 114 valence electrons. The minimum absolute atomic E-state index is 0.0241. The average Bonchev–Trinajstić information content (AvgIpc) is 3.18. The van der Waals surface area contributed by atoms with Crippen LogP contribution in [0.1, 0.15) is 38.5 Å². The molecule has 1 fully saturated rings. The number of terminal acetylenes is 1. The predicted octanol–water partition coefficient (Wildman–Crippen LogP) is 1.80. The van der Waals surface area contributed by atoms with Gasteiger partial charge in [0.1, 0.15) is 17.9 Å². The fourth-order valence-corrected chi connectivity index (χ4v) is 2.27. The number of rotatable bonds is 2. The van der Waals surface area contributed by atoms with Crippen molar-refractivity contribution in [3.05, 3.63) is 24.2 Å². The molecule has 1 aliphatic heterocycles. The van der Waals surface area contributed by atoms with E-state index in [1.807, 2.05) is 26.0 Å². The number of anilines is 1. The van der Waals surface area contributed by atoms with E-state index in [0.717, 1.165) is 24.1 Å². The number of aliphatic hydroxyl groups excluding tert-OH is 1. The first kappa shape index (κ1) is 17.0. The van der Waals surface area contributed by atoms with Crippen molar-refractivity contribution in [3.63, 3.8) is 0 Å². The maximum absolute atomic E-state index is 9.06. The van der Waals surface area contributed by atoms with Crippen molar-refractivity contribution in [1.29, 1.82) is 0 Å². The minimum Gasteiger partial charge on any atom is -0.394 e. The van der Waals surface area contributed by atoms with Crippen LogP contribution in [0.15, 0.2) is 18.5 Å². The lowest BCUT2D eigenvalue weighted by atomic mass is 10.1. The lowest BCUT2D eigenvalue weighted by Crippen LogP contribution is -2.12. The molecule has 0 aromatic carbocycles. The van der Waals surface area contributed by atoms with Gasteiger partial charge in [-0.15, -0.1) is 12.8 Å². The van der Waals surface area contributed by atoms with Crippen molar-refractivity contribution in [1.82, 2.24) is 14.6 Å². The summed E-state index contributed by atoms with van der Waals surface area (Å²) in [6.45, 7) is 4.07. The predicted molar refractivity (Wildman–Crippen MR) is 82.6 cm³/mol. The van der Waals surface area contributed by atoms with Crippen molar-refractivity contribution in [2.24, 2.45) is 0 Å². The summed E-state index contributed by atoms with van der Waals surface area (Å²) in [4.78, 5) is 3.94. The summed E-state index contributed by atoms with van der Waals surface area (Å²) in [5, 5.41) is 13.2. The second-order valence-electron chi connectivity index (χ2n) is 4.21. The van der Waals surface area contributed by atoms with Gasteiger partial charge in [0.2, 0.25) is 0 Å². The zero-order valence-electron chi connectivity index (χ0n) is 12.4. The molecule has 21 heavy (non-hydrogen) atoms. The van der Waals surface area contributed by atoms with Crippen LogP contribution in [0, 0.1) is 12.8 Å². The van der Waals surface area contributed by atoms with E-state index in [4.69, 9.17) is 15.6 Å². The average molecular weight is 290 g/mol. The third-order valence-corrected chi connectivity index (χ3v) is 3.15. The fourth-order valence-electron chi connectivity index (χ4n) is 2.27. The van der Waals surface area contributed by atoms with Crippen LogP contribution >= 0.6 is 0 Å². The molecular weight excluding hydrogens is 268 g/mol. The maximum atomic E-state index is 9.06. The second-order valence-corrected chi connectivity index (χ2v) is 4.21. The van der Waals surface area contributed by atoms with Gasteiger partial charge in [-0.25, -0.2) is 9.50 Å². The van der Waals surface area contributed by atoms with Crippen LogP contribution in [0.5, 0.6) is 0 Å². The van der Waals surface area contributed by atoms with Gasteiger partial charge >= 0.3 is 0 Å². The lowest BCUT2D eigenvalue weighted by Gasteiger charge is -2.11. The van der Waals surface area contributed by atoms with Crippen LogP contribution < -0.4 is 5.73 Å². The quantitative estimate of drug-likeness (QED) is 0.824. The van der Waals surface area contributed by atoms with Crippen LogP contribution in [0.2, 0.25) is 0 Å². The molecule has 6 heteroatoms. The zero-order chi connectivity index (χ0) is 15.8. The molecule has 2 atom stereocenters. The van der Waals surface area contributed by atoms with Gasteiger partial charge < -0.3 is 15.6 Å². The van der Waals surface area contributed by atoms with Gasteiger partial charge in [0.25, 0.3) is 0 Å². The fraction of sp³-hybridized carbons (Fsp3) is 0.467. The molecule has 0 aliphatic carbocycles. The Morgan fingerprint density at radius 1 is 1.38 bits per heavy atom. The Bertz CT molecular complexity index is 579. The normalized spacial score (nSPS) is 20.2. The molecule has 0 saturated carbocycles. The number of hydrogen-bond acceptors (Lipinski definition) is 5. The Kier molecular flexibility index (Phi) is 6.66. The smallest absolute Gasteiger partial charge is 0.151 e. The lowest BCUT2D eigenvalue weighted by molar-refractivity contribution is 0.00856. The first-order valence-electron chi connectivity index (χ1n) is 6.97. The first-order valence-corrected chi connectivity index (χ1v) is 6.97. The van der Waals surface area contributed by atoms with E-state index >= 15 is 0 Å². The Morgan fingerprint density at radius 3 is 2.71 bits per heavy atom. The highest BCUT2D eigenvalue weighted by atomic mass is 16.5. The van der Waals surface area contributed by atoms with Crippen LogP contribution in [0.4, 0.5) is 5.82 Å². The summed E-state index contributed by atoms with van der Waals surface area (Å²) >= 11 is 0. The maximum Gasteiger partial charge on any atom is 0.151 e. The Labute approximate surface area is 124 Å². The Balaban J connectivity index is 0.000000510. The molecule has 2 unspecified atom stereocenters. The van der Waals surface area contributed by atoms with Gasteiger partial charge in [0.05, 0.1) is 18.4 Å². The number of fused-ring (bicyclic) bond motifs is 1. The van der Waals surface area contributed by atoms with E-state index in [-0.39, 0.29) is 18.8 Å². The SMILES string of the molecule is C#C.CC.Nc1ncnn2c(C3CCC(CO)O3)ccc12. The van der Waals surface area contributed by atoms with Gasteiger partial charge in [-0.2, -0.15) is 5.10 Å². The van der Waals surface area contributed by atoms with Crippen molar-refractivity contribution in [3.8, 4) is 12.8 Å². The van der Waals surface area contributed by atoms with Gasteiger partial charge in [-0.1, -0.05) is 13.8 Å². The van der Waals surface area contributed by atoms with Gasteiger partial charge in [-0.3, -0.25) is 0 Å². The van der Waals surface area contributed by atoms with Crippen LogP contribution in [-0.2, 0) is 4.74 Å². The van der Waals surface area contributed by atoms with Gasteiger partial charge in [0, 0.05) is 0 Å². The Morgan fingerprint density at radius 2 is 2.10 bits per heavy atom. The topological polar surface area (TPSA) is 85.7 Å². The molecule has 2 aromatic heterocycles. The molecule has 3 N–H and O–H groups in total. The van der Waals surface area contributed by atoms with E-state index in [1.54, 1.807) is 4.52 Å². The number of nitrogen functional groups attached to an aromatic ring is 1. The van der Waals surface area contributed by atoms with E-state index in [9.17, 15) is 0 Å². The van der Waals surface area contributed by atoms with Crippen molar-refractivity contribution >= 4 is 11.3 Å². The molecule has 0 radical (unpaired) electrons. The molecule has 1 aliphatic rings. The van der Waals surface area contributed by atoms with E-state index in [0.29, 0.717) is 5.82 Å². The molecule has 3 rings (SSSR count). The summed E-state index contributed by atoms with van der Waals surface area (Å²) in [5.41, 5.74) is 7.52. The number of aromatic nitrogens is 3. The summed E-state index contributed by atoms with van der Waals surface area (Å²) in [6.07, 6.45) is 11.1. The number of hydrogen-bond donors (Lipinski definition) is 2. The molecule has 0 spiro atoms. The van der Waals surface area contributed by atoms with Gasteiger partial charge in [-0.05, 0) is 25.0 Å². The number of aliphatic hydroxyl groups is 1. The minimum atomic E-state index is -0.0651. The number of nitrogens with two attached hydrogens (primary N) is 1. The molecule has 0 bridgehead atoms. The van der Waals surface area contributed by atoms with E-state index in [2.05, 4.69) is 22.9 Å². The third-order valence-electron chi connectivity index (χ3n) is 3.15. The monoisotopic (exact) mass is 290 g/mol. The summed E-state index contributed by atoms with van der Waals surface area (Å²) in [7, 11) is 0. The highest BCUT2D eigenvalue weighted by molar-refractivity contribution is 5.65. The third kappa shape index (κ3) is 3.51. The zero-order valence-corrected chi connectivity index (χ0v) is 12.4. The summed E-state index contributed by atoms with van der Waals surface area (Å²) < 4.78 is 7.49. The van der Waals surface area contributed by atoms with Crippen molar-refractivity contribution in [2.75, 3.05) is 12.3 Å².